The van der Waals surface area contributed by atoms with E-state index in [1.807, 2.05) is 37.3 Å². The third-order valence-corrected chi connectivity index (χ3v) is 3.20. The van der Waals surface area contributed by atoms with Crippen LogP contribution in [0.25, 0.3) is 22.4 Å². The van der Waals surface area contributed by atoms with Crippen LogP contribution in [-0.2, 0) is 0 Å². The fourth-order valence-corrected chi connectivity index (χ4v) is 2.32. The molecule has 3 aromatic rings. The predicted octanol–water partition coefficient (Wildman–Crippen LogP) is 3.90. The molecular weight excluding hydrogens is 274 g/mol. The van der Waals surface area contributed by atoms with Crippen molar-refractivity contribution in [2.45, 2.75) is 6.92 Å². The second-order valence-corrected chi connectivity index (χ2v) is 4.68. The summed E-state index contributed by atoms with van der Waals surface area (Å²) in [5.41, 5.74) is 3.79. The summed E-state index contributed by atoms with van der Waals surface area (Å²) < 4.78 is 5.82. The SMILES string of the molecule is CN=Cc1c(C)oc2c(-c3ccccc3)nc(Cl)nc12. The molecule has 0 fully saturated rings. The van der Waals surface area contributed by atoms with Crippen molar-refractivity contribution in [1.29, 1.82) is 0 Å². The molecule has 0 unspecified atom stereocenters. The van der Waals surface area contributed by atoms with E-state index in [4.69, 9.17) is 16.0 Å². The minimum Gasteiger partial charge on any atom is -0.457 e. The molecule has 0 bridgehead atoms. The van der Waals surface area contributed by atoms with Crippen molar-refractivity contribution in [1.82, 2.24) is 9.97 Å². The van der Waals surface area contributed by atoms with Gasteiger partial charge in [-0.05, 0) is 18.5 Å². The molecule has 0 radical (unpaired) electrons. The first-order chi connectivity index (χ1) is 9.70. The van der Waals surface area contributed by atoms with Crippen molar-refractivity contribution in [3.05, 3.63) is 46.9 Å². The van der Waals surface area contributed by atoms with E-state index in [-0.39, 0.29) is 5.28 Å². The number of hydrogen-bond donors (Lipinski definition) is 0. The van der Waals surface area contributed by atoms with Crippen LogP contribution < -0.4 is 0 Å². The zero-order valence-electron chi connectivity index (χ0n) is 11.1. The molecule has 1 aromatic carbocycles. The average molecular weight is 286 g/mol. The number of benzene rings is 1. The molecule has 0 aliphatic heterocycles. The maximum atomic E-state index is 6.05. The van der Waals surface area contributed by atoms with Gasteiger partial charge >= 0.3 is 0 Å². The van der Waals surface area contributed by atoms with Crippen LogP contribution in [0.2, 0.25) is 5.28 Å². The summed E-state index contributed by atoms with van der Waals surface area (Å²) in [6, 6.07) is 9.77. The van der Waals surface area contributed by atoms with Crippen LogP contribution in [0.15, 0.2) is 39.7 Å². The summed E-state index contributed by atoms with van der Waals surface area (Å²) in [6.45, 7) is 1.88. The molecule has 0 saturated heterocycles. The highest BCUT2D eigenvalue weighted by Gasteiger charge is 2.17. The average Bonchev–Trinajstić information content (AvgIpc) is 2.76. The van der Waals surface area contributed by atoms with E-state index in [0.29, 0.717) is 16.8 Å². The number of aryl methyl sites for hydroxylation is 1. The standard InChI is InChI=1S/C15H12ClN3O/c1-9-11(8-17-2)13-14(20-9)12(18-15(16)19-13)10-6-4-3-5-7-10/h3-8H,1-2H3. The van der Waals surface area contributed by atoms with Gasteiger partial charge in [0.05, 0.1) is 5.56 Å². The van der Waals surface area contributed by atoms with Crippen molar-refractivity contribution in [3.63, 3.8) is 0 Å². The van der Waals surface area contributed by atoms with Gasteiger partial charge in [-0.2, -0.15) is 0 Å². The Morgan fingerprint density at radius 1 is 1.20 bits per heavy atom. The molecule has 3 rings (SSSR count). The van der Waals surface area contributed by atoms with Crippen molar-refractivity contribution in [2.24, 2.45) is 4.99 Å². The summed E-state index contributed by atoms with van der Waals surface area (Å²) >= 11 is 6.05. The van der Waals surface area contributed by atoms with Crippen LogP contribution in [0.1, 0.15) is 11.3 Å². The Morgan fingerprint density at radius 2 is 1.95 bits per heavy atom. The van der Waals surface area contributed by atoms with Gasteiger partial charge in [-0.25, -0.2) is 9.97 Å². The van der Waals surface area contributed by atoms with E-state index in [2.05, 4.69) is 15.0 Å². The van der Waals surface area contributed by atoms with Gasteiger partial charge in [-0.15, -0.1) is 0 Å². The molecule has 4 nitrogen and oxygen atoms in total. The number of aromatic nitrogens is 2. The Labute approximate surface area is 121 Å². The molecule has 0 N–H and O–H groups in total. The van der Waals surface area contributed by atoms with Crippen molar-refractivity contribution in [3.8, 4) is 11.3 Å². The van der Waals surface area contributed by atoms with E-state index >= 15 is 0 Å². The first-order valence-corrected chi connectivity index (χ1v) is 6.52. The topological polar surface area (TPSA) is 51.3 Å². The lowest BCUT2D eigenvalue weighted by Gasteiger charge is -2.01. The summed E-state index contributed by atoms with van der Waals surface area (Å²) in [5.74, 6) is 0.749. The van der Waals surface area contributed by atoms with Gasteiger partial charge < -0.3 is 4.42 Å². The fraction of sp³-hybridized carbons (Fsp3) is 0.133. The number of halogens is 1. The summed E-state index contributed by atoms with van der Waals surface area (Å²) in [6.07, 6.45) is 1.72. The number of hydrogen-bond acceptors (Lipinski definition) is 4. The summed E-state index contributed by atoms with van der Waals surface area (Å²) in [5, 5.41) is 0.197. The molecular formula is C15H12ClN3O. The lowest BCUT2D eigenvalue weighted by molar-refractivity contribution is 0.577. The molecule has 0 aliphatic rings. The Kier molecular flexibility index (Phi) is 3.24. The van der Waals surface area contributed by atoms with Gasteiger partial charge in [0.25, 0.3) is 0 Å². The van der Waals surface area contributed by atoms with Gasteiger partial charge in [0, 0.05) is 18.8 Å². The number of aliphatic imine (C=N–C) groups is 1. The molecule has 2 heterocycles. The quantitative estimate of drug-likeness (QED) is 0.530. The Balaban J connectivity index is 2.37. The zero-order chi connectivity index (χ0) is 14.1. The summed E-state index contributed by atoms with van der Waals surface area (Å²) in [4.78, 5) is 12.6. The predicted molar refractivity (Wildman–Crippen MR) is 80.5 cm³/mol. The van der Waals surface area contributed by atoms with E-state index in [9.17, 15) is 0 Å². The van der Waals surface area contributed by atoms with Crippen molar-refractivity contribution >= 4 is 28.9 Å². The second-order valence-electron chi connectivity index (χ2n) is 4.34. The number of nitrogens with zero attached hydrogens (tertiary/aromatic N) is 3. The van der Waals surface area contributed by atoms with Crippen LogP contribution in [0.5, 0.6) is 0 Å². The number of fused-ring (bicyclic) bond motifs is 1. The molecule has 0 amide bonds. The van der Waals surface area contributed by atoms with Crippen LogP contribution >= 0.6 is 11.6 Å². The van der Waals surface area contributed by atoms with E-state index in [1.165, 1.54) is 0 Å². The molecule has 0 spiro atoms. The Bertz CT molecular complexity index is 794. The first kappa shape index (κ1) is 12.8. The molecule has 100 valence electrons. The van der Waals surface area contributed by atoms with E-state index in [0.717, 1.165) is 16.9 Å². The molecule has 20 heavy (non-hydrogen) atoms. The minimum absolute atomic E-state index is 0.197. The van der Waals surface area contributed by atoms with Gasteiger partial charge in [0.2, 0.25) is 5.28 Å². The lowest BCUT2D eigenvalue weighted by atomic mass is 10.1. The van der Waals surface area contributed by atoms with Gasteiger partial charge in [0.1, 0.15) is 17.0 Å². The van der Waals surface area contributed by atoms with Crippen LogP contribution in [0.3, 0.4) is 0 Å². The fourth-order valence-electron chi connectivity index (χ4n) is 2.15. The highest BCUT2D eigenvalue weighted by molar-refractivity contribution is 6.29. The maximum absolute atomic E-state index is 6.05. The second kappa shape index (κ2) is 5.06. The Morgan fingerprint density at radius 3 is 2.65 bits per heavy atom. The highest BCUT2D eigenvalue weighted by atomic mass is 35.5. The molecule has 2 aromatic heterocycles. The maximum Gasteiger partial charge on any atom is 0.223 e. The number of rotatable bonds is 2. The van der Waals surface area contributed by atoms with Crippen molar-refractivity contribution < 1.29 is 4.42 Å². The third-order valence-electron chi connectivity index (χ3n) is 3.03. The van der Waals surface area contributed by atoms with Gasteiger partial charge in [-0.1, -0.05) is 30.3 Å². The molecule has 5 heteroatoms. The van der Waals surface area contributed by atoms with Crippen molar-refractivity contribution in [2.75, 3.05) is 7.05 Å². The smallest absolute Gasteiger partial charge is 0.223 e. The molecule has 0 saturated carbocycles. The molecule has 0 aliphatic carbocycles. The highest BCUT2D eigenvalue weighted by Crippen LogP contribution is 2.31. The van der Waals surface area contributed by atoms with E-state index < -0.39 is 0 Å². The normalized spacial score (nSPS) is 11.6. The van der Waals surface area contributed by atoms with E-state index in [1.54, 1.807) is 13.3 Å². The van der Waals surface area contributed by atoms with Gasteiger partial charge in [-0.3, -0.25) is 4.99 Å². The molecule has 0 atom stereocenters. The van der Waals surface area contributed by atoms with Crippen LogP contribution in [-0.4, -0.2) is 23.2 Å². The van der Waals surface area contributed by atoms with Crippen LogP contribution in [0, 0.1) is 6.92 Å². The first-order valence-electron chi connectivity index (χ1n) is 6.15. The van der Waals surface area contributed by atoms with Gasteiger partial charge in [0.15, 0.2) is 5.58 Å². The summed E-state index contributed by atoms with van der Waals surface area (Å²) in [7, 11) is 1.71. The minimum atomic E-state index is 0.197. The zero-order valence-corrected chi connectivity index (χ0v) is 11.8. The monoisotopic (exact) mass is 285 g/mol. The number of furan rings is 1. The lowest BCUT2D eigenvalue weighted by Crippen LogP contribution is -1.91. The largest absolute Gasteiger partial charge is 0.457 e. The van der Waals surface area contributed by atoms with Crippen LogP contribution in [0.4, 0.5) is 0 Å². The Hall–Kier alpha value is -2.20. The third kappa shape index (κ3) is 2.08.